The molecule has 0 radical (unpaired) electrons. The van der Waals surface area contributed by atoms with Gasteiger partial charge in [-0.05, 0) is 24.5 Å². The fraction of sp³-hybridized carbons (Fsp3) is 0.333. The lowest BCUT2D eigenvalue weighted by molar-refractivity contribution is 0.366. The number of nitrogens with zero attached hydrogens (tertiary/aromatic N) is 2. The summed E-state index contributed by atoms with van der Waals surface area (Å²) in [5.74, 6) is 0.654. The van der Waals surface area contributed by atoms with Gasteiger partial charge < -0.3 is 9.13 Å². The topological polar surface area (TPSA) is 44.0 Å². The van der Waals surface area contributed by atoms with Gasteiger partial charge in [-0.1, -0.05) is 12.1 Å². The lowest BCUT2D eigenvalue weighted by Crippen LogP contribution is -2.28. The minimum Gasteiger partial charge on any atom is -0.315 e. The summed E-state index contributed by atoms with van der Waals surface area (Å²) in [5.41, 5.74) is -0.0695. The van der Waals surface area contributed by atoms with Crippen LogP contribution >= 0.6 is 11.6 Å². The standard InChI is InChI=1S/C15H17ClN2O2/c16-8-7-13(11-17-9-3-1-5-14(17)19)12-18-10-4-2-6-15(18)20/h1-6,9-10,13H,7-8,11-12H2. The Hall–Kier alpha value is -1.81. The van der Waals surface area contributed by atoms with Crippen LogP contribution in [0.2, 0.25) is 0 Å². The second-order valence-corrected chi connectivity index (χ2v) is 5.10. The summed E-state index contributed by atoms with van der Waals surface area (Å²) >= 11 is 5.83. The molecule has 0 unspecified atom stereocenters. The highest BCUT2D eigenvalue weighted by atomic mass is 35.5. The van der Waals surface area contributed by atoms with Crippen molar-refractivity contribution in [3.63, 3.8) is 0 Å². The Morgan fingerprint density at radius 1 is 0.900 bits per heavy atom. The molecular formula is C15H17ClN2O2. The number of rotatable bonds is 6. The van der Waals surface area contributed by atoms with Crippen LogP contribution in [-0.2, 0) is 13.1 Å². The maximum Gasteiger partial charge on any atom is 0.250 e. The molecule has 2 rings (SSSR count). The van der Waals surface area contributed by atoms with E-state index in [1.165, 1.54) is 12.1 Å². The van der Waals surface area contributed by atoms with Crippen LogP contribution < -0.4 is 11.1 Å². The van der Waals surface area contributed by atoms with Gasteiger partial charge >= 0.3 is 0 Å². The smallest absolute Gasteiger partial charge is 0.250 e. The molecule has 2 heterocycles. The van der Waals surface area contributed by atoms with E-state index in [1.807, 2.05) is 12.1 Å². The van der Waals surface area contributed by atoms with Crippen molar-refractivity contribution in [3.8, 4) is 0 Å². The highest BCUT2D eigenvalue weighted by Gasteiger charge is 2.11. The molecule has 0 amide bonds. The molecule has 0 atom stereocenters. The first-order chi connectivity index (χ1) is 9.70. The Kier molecular flexibility index (Phi) is 5.18. The SMILES string of the molecule is O=c1ccccn1CC(CCCl)Cn1ccccc1=O. The number of hydrogen-bond donors (Lipinski definition) is 0. The van der Waals surface area contributed by atoms with E-state index >= 15 is 0 Å². The van der Waals surface area contributed by atoms with Crippen molar-refractivity contribution in [2.75, 3.05) is 5.88 Å². The summed E-state index contributed by atoms with van der Waals surface area (Å²) in [6, 6.07) is 10.2. The van der Waals surface area contributed by atoms with E-state index in [2.05, 4.69) is 0 Å². The summed E-state index contributed by atoms with van der Waals surface area (Å²) < 4.78 is 3.32. The van der Waals surface area contributed by atoms with Gasteiger partial charge in [0.05, 0.1) is 0 Å². The van der Waals surface area contributed by atoms with Crippen molar-refractivity contribution in [3.05, 3.63) is 69.5 Å². The Bertz CT molecular complexity index is 607. The molecule has 0 spiro atoms. The first-order valence-electron chi connectivity index (χ1n) is 6.57. The normalized spacial score (nSPS) is 10.9. The third-order valence-corrected chi connectivity index (χ3v) is 3.44. The first-order valence-corrected chi connectivity index (χ1v) is 7.11. The number of halogens is 1. The van der Waals surface area contributed by atoms with Crippen LogP contribution in [0.15, 0.2) is 58.4 Å². The average molecular weight is 293 g/mol. The van der Waals surface area contributed by atoms with E-state index in [1.54, 1.807) is 33.7 Å². The van der Waals surface area contributed by atoms with Gasteiger partial charge in [-0.2, -0.15) is 0 Å². The van der Waals surface area contributed by atoms with Gasteiger partial charge in [0.2, 0.25) is 0 Å². The predicted molar refractivity (Wildman–Crippen MR) is 80.2 cm³/mol. The van der Waals surface area contributed by atoms with Crippen molar-refractivity contribution >= 4 is 11.6 Å². The first kappa shape index (κ1) is 14.6. The third kappa shape index (κ3) is 3.84. The van der Waals surface area contributed by atoms with Gasteiger partial charge in [0, 0.05) is 43.5 Å². The number of aromatic nitrogens is 2. The van der Waals surface area contributed by atoms with Gasteiger partial charge in [-0.3, -0.25) is 9.59 Å². The third-order valence-electron chi connectivity index (χ3n) is 3.23. The number of pyridine rings is 2. The number of hydrogen-bond acceptors (Lipinski definition) is 2. The van der Waals surface area contributed by atoms with Gasteiger partial charge in [-0.15, -0.1) is 11.6 Å². The monoisotopic (exact) mass is 292 g/mol. The zero-order valence-corrected chi connectivity index (χ0v) is 11.9. The summed E-state index contributed by atoms with van der Waals surface area (Å²) in [5, 5.41) is 0. The summed E-state index contributed by atoms with van der Waals surface area (Å²) in [4.78, 5) is 23.5. The Morgan fingerprint density at radius 2 is 1.40 bits per heavy atom. The molecule has 5 heteroatoms. The molecule has 0 aliphatic rings. The zero-order chi connectivity index (χ0) is 14.4. The zero-order valence-electron chi connectivity index (χ0n) is 11.1. The molecule has 4 nitrogen and oxygen atoms in total. The van der Waals surface area contributed by atoms with Crippen LogP contribution in [0, 0.1) is 5.92 Å². The highest BCUT2D eigenvalue weighted by Crippen LogP contribution is 2.09. The van der Waals surface area contributed by atoms with E-state index in [9.17, 15) is 9.59 Å². The van der Waals surface area contributed by atoms with E-state index in [0.29, 0.717) is 19.0 Å². The molecule has 2 aromatic rings. The summed E-state index contributed by atoms with van der Waals surface area (Å²) in [6.07, 6.45) is 4.28. The van der Waals surface area contributed by atoms with Crippen molar-refractivity contribution < 1.29 is 0 Å². The fourth-order valence-corrected chi connectivity index (χ4v) is 2.48. The van der Waals surface area contributed by atoms with E-state index in [0.717, 1.165) is 6.42 Å². The minimum absolute atomic E-state index is 0.0347. The molecule has 106 valence electrons. The van der Waals surface area contributed by atoms with Gasteiger partial charge in [0.1, 0.15) is 0 Å². The second-order valence-electron chi connectivity index (χ2n) is 4.73. The number of alkyl halides is 1. The van der Waals surface area contributed by atoms with E-state index in [4.69, 9.17) is 11.6 Å². The van der Waals surface area contributed by atoms with Crippen molar-refractivity contribution in [1.82, 2.24) is 9.13 Å². The van der Waals surface area contributed by atoms with Crippen LogP contribution in [0.5, 0.6) is 0 Å². The summed E-state index contributed by atoms with van der Waals surface area (Å²) in [6.45, 7) is 1.13. The fourth-order valence-electron chi connectivity index (χ4n) is 2.17. The lowest BCUT2D eigenvalue weighted by atomic mass is 10.1. The average Bonchev–Trinajstić information content (AvgIpc) is 2.44. The Balaban J connectivity index is 2.16. The van der Waals surface area contributed by atoms with Crippen molar-refractivity contribution in [2.45, 2.75) is 19.5 Å². The molecular weight excluding hydrogens is 276 g/mol. The largest absolute Gasteiger partial charge is 0.315 e. The molecule has 0 saturated heterocycles. The summed E-state index contributed by atoms with van der Waals surface area (Å²) in [7, 11) is 0. The van der Waals surface area contributed by atoms with Gasteiger partial charge in [-0.25, -0.2) is 0 Å². The lowest BCUT2D eigenvalue weighted by Gasteiger charge is -2.18. The van der Waals surface area contributed by atoms with Crippen LogP contribution in [0.3, 0.4) is 0 Å². The van der Waals surface area contributed by atoms with E-state index < -0.39 is 0 Å². The molecule has 0 fully saturated rings. The quantitative estimate of drug-likeness (QED) is 0.764. The molecule has 2 aromatic heterocycles. The van der Waals surface area contributed by atoms with Gasteiger partial charge in [0.25, 0.3) is 11.1 Å². The highest BCUT2D eigenvalue weighted by molar-refractivity contribution is 6.17. The minimum atomic E-state index is -0.0347. The second kappa shape index (κ2) is 7.10. The molecule has 0 saturated carbocycles. The van der Waals surface area contributed by atoms with Crippen LogP contribution in [-0.4, -0.2) is 15.0 Å². The molecule has 0 bridgehead atoms. The Labute approximate surface area is 122 Å². The molecule has 0 N–H and O–H groups in total. The van der Waals surface area contributed by atoms with Crippen LogP contribution in [0.1, 0.15) is 6.42 Å². The molecule has 20 heavy (non-hydrogen) atoms. The van der Waals surface area contributed by atoms with Gasteiger partial charge in [0.15, 0.2) is 0 Å². The predicted octanol–water partition coefficient (Wildman–Crippen LogP) is 1.96. The van der Waals surface area contributed by atoms with Crippen molar-refractivity contribution in [1.29, 1.82) is 0 Å². The maximum absolute atomic E-state index is 11.7. The van der Waals surface area contributed by atoms with Crippen LogP contribution in [0.4, 0.5) is 0 Å². The Morgan fingerprint density at radius 3 is 1.80 bits per heavy atom. The molecule has 0 aliphatic heterocycles. The van der Waals surface area contributed by atoms with Crippen LogP contribution in [0.25, 0.3) is 0 Å². The van der Waals surface area contributed by atoms with E-state index in [-0.39, 0.29) is 17.0 Å². The molecule has 0 aromatic carbocycles. The molecule has 0 aliphatic carbocycles. The maximum atomic E-state index is 11.7. The van der Waals surface area contributed by atoms with Crippen molar-refractivity contribution in [2.24, 2.45) is 5.92 Å².